The molecule has 120 valence electrons. The third kappa shape index (κ3) is 6.37. The zero-order chi connectivity index (χ0) is 16.9. The van der Waals surface area contributed by atoms with Crippen molar-refractivity contribution in [2.75, 3.05) is 14.1 Å². The van der Waals surface area contributed by atoms with Gasteiger partial charge in [0.25, 0.3) is 0 Å². The van der Waals surface area contributed by atoms with Crippen molar-refractivity contribution in [3.8, 4) is 0 Å². The Balaban J connectivity index is 0.000000816. The largest absolute Gasteiger partial charge is 0.363 e. The average Bonchev–Trinajstić information content (AvgIpc) is 2.61. The van der Waals surface area contributed by atoms with Crippen molar-refractivity contribution in [3.63, 3.8) is 0 Å². The zero-order valence-corrected chi connectivity index (χ0v) is 14.0. The summed E-state index contributed by atoms with van der Waals surface area (Å²) < 4.78 is 0. The van der Waals surface area contributed by atoms with Crippen LogP contribution in [-0.2, 0) is 0 Å². The van der Waals surface area contributed by atoms with Crippen LogP contribution in [-0.4, -0.2) is 14.1 Å². The van der Waals surface area contributed by atoms with Crippen LogP contribution in [0.1, 0.15) is 17.0 Å². The van der Waals surface area contributed by atoms with Crippen LogP contribution in [0, 0.1) is 0 Å². The minimum atomic E-state index is 0.192. The summed E-state index contributed by atoms with van der Waals surface area (Å²) in [5, 5.41) is 5.86. The van der Waals surface area contributed by atoms with Gasteiger partial charge in [0.2, 0.25) is 0 Å². The van der Waals surface area contributed by atoms with Gasteiger partial charge >= 0.3 is 0 Å². The molecule has 0 fully saturated rings. The Hall–Kier alpha value is -2.58. The summed E-state index contributed by atoms with van der Waals surface area (Å²) in [7, 11) is 3.75. The molecule has 23 heavy (non-hydrogen) atoms. The van der Waals surface area contributed by atoms with Gasteiger partial charge in [-0.15, -0.1) is 0 Å². The summed E-state index contributed by atoms with van der Waals surface area (Å²) >= 11 is 0. The van der Waals surface area contributed by atoms with E-state index in [1.54, 1.807) is 12.3 Å². The molecule has 0 radical (unpaired) electrons. The third-order valence-electron chi connectivity index (χ3n) is 3.15. The maximum absolute atomic E-state index is 3.84. The Bertz CT molecular complexity index is 561. The fourth-order valence-corrected chi connectivity index (χ4v) is 2.18. The first kappa shape index (κ1) is 18.5. The molecule has 0 aliphatic carbocycles. The summed E-state index contributed by atoms with van der Waals surface area (Å²) in [4.78, 5) is 0. The maximum Gasteiger partial charge on any atom is 0.0342 e. The number of hydrogen-bond acceptors (Lipinski definition) is 2. The van der Waals surface area contributed by atoms with E-state index < -0.39 is 0 Å². The highest BCUT2D eigenvalue weighted by atomic mass is 14.8. The number of rotatable bonds is 6. The number of hydrogen-bond donors (Lipinski definition) is 2. The summed E-state index contributed by atoms with van der Waals surface area (Å²) in [6.45, 7) is 7.54. The minimum Gasteiger partial charge on any atom is -0.363 e. The van der Waals surface area contributed by atoms with E-state index in [1.807, 2.05) is 26.2 Å². The lowest BCUT2D eigenvalue weighted by atomic mass is 9.90. The van der Waals surface area contributed by atoms with Gasteiger partial charge in [0.1, 0.15) is 0 Å². The van der Waals surface area contributed by atoms with E-state index in [2.05, 4.69) is 78.4 Å². The maximum atomic E-state index is 3.84. The molecule has 0 aliphatic rings. The molecule has 2 N–H and O–H groups in total. The Morgan fingerprint density at radius 3 is 1.65 bits per heavy atom. The van der Waals surface area contributed by atoms with Gasteiger partial charge in [0.05, 0.1) is 0 Å². The lowest BCUT2D eigenvalue weighted by Crippen LogP contribution is -2.06. The smallest absolute Gasteiger partial charge is 0.0342 e. The quantitative estimate of drug-likeness (QED) is 0.770. The average molecular weight is 306 g/mol. The fourth-order valence-electron chi connectivity index (χ4n) is 2.18. The summed E-state index contributed by atoms with van der Waals surface area (Å²) in [5.41, 5.74) is 3.46. The molecule has 0 saturated carbocycles. The van der Waals surface area contributed by atoms with Crippen molar-refractivity contribution in [1.29, 1.82) is 0 Å². The molecule has 0 atom stereocenters. The highest BCUT2D eigenvalue weighted by molar-refractivity contribution is 5.39. The molecule has 2 aromatic carbocycles. The van der Waals surface area contributed by atoms with Crippen molar-refractivity contribution >= 4 is 0 Å². The first-order valence-electron chi connectivity index (χ1n) is 7.66. The van der Waals surface area contributed by atoms with Crippen LogP contribution in [0.25, 0.3) is 0 Å². The topological polar surface area (TPSA) is 24.1 Å². The Kier molecular flexibility index (Phi) is 8.87. The van der Waals surface area contributed by atoms with Crippen LogP contribution in [0.4, 0.5) is 0 Å². The van der Waals surface area contributed by atoms with Crippen LogP contribution in [0.3, 0.4) is 0 Å². The van der Waals surface area contributed by atoms with Crippen LogP contribution in [0.5, 0.6) is 0 Å². The molecule has 2 aromatic rings. The van der Waals surface area contributed by atoms with E-state index in [4.69, 9.17) is 0 Å². The predicted octanol–water partition coefficient (Wildman–Crippen LogP) is 4.46. The third-order valence-corrected chi connectivity index (χ3v) is 3.15. The zero-order valence-electron chi connectivity index (χ0n) is 14.0. The summed E-state index contributed by atoms with van der Waals surface area (Å²) in [6, 6.07) is 20.9. The molecule has 2 nitrogen and oxygen atoms in total. The molecule has 2 rings (SSSR count). The first-order chi connectivity index (χ1) is 11.3. The van der Waals surface area contributed by atoms with E-state index in [0.29, 0.717) is 0 Å². The lowest BCUT2D eigenvalue weighted by molar-refractivity contribution is 0.982. The normalized spacial score (nSPS) is 10.5. The van der Waals surface area contributed by atoms with E-state index in [0.717, 1.165) is 5.70 Å². The van der Waals surface area contributed by atoms with Crippen LogP contribution in [0.2, 0.25) is 0 Å². The van der Waals surface area contributed by atoms with Crippen LogP contribution in [0.15, 0.2) is 97.9 Å². The molecule has 0 saturated heterocycles. The van der Waals surface area contributed by atoms with Crippen molar-refractivity contribution in [1.82, 2.24) is 10.6 Å². The molecule has 0 bridgehead atoms. The molecular formula is C21H26N2. The number of allylic oxidation sites excluding steroid dienone is 2. The summed E-state index contributed by atoms with van der Waals surface area (Å²) in [6.07, 6.45) is 5.64. The molecule has 0 amide bonds. The Morgan fingerprint density at radius 1 is 0.870 bits per heavy atom. The van der Waals surface area contributed by atoms with Gasteiger partial charge in [0, 0.05) is 11.6 Å². The number of benzene rings is 2. The molecule has 0 spiro atoms. The van der Waals surface area contributed by atoms with Crippen molar-refractivity contribution in [2.45, 2.75) is 5.92 Å². The molecule has 0 aromatic heterocycles. The first-order valence-corrected chi connectivity index (χ1v) is 7.66. The Labute approximate surface area is 140 Å². The van der Waals surface area contributed by atoms with E-state index in [9.17, 15) is 0 Å². The van der Waals surface area contributed by atoms with Gasteiger partial charge in [-0.2, -0.15) is 0 Å². The molecular weight excluding hydrogens is 280 g/mol. The van der Waals surface area contributed by atoms with Gasteiger partial charge in [-0.05, 0) is 43.6 Å². The standard InChI is InChI=1S/C19H19N.C2H7N/c1-3-18(20-4-2)15-19(16-11-7-5-8-12-16)17-13-9-6-10-14-17;1-3-2/h3-15,19-20H,1-2H2;3H,1-2H3/b18-15-;. The van der Waals surface area contributed by atoms with Crippen molar-refractivity contribution < 1.29 is 0 Å². The lowest BCUT2D eigenvalue weighted by Gasteiger charge is -2.15. The van der Waals surface area contributed by atoms with E-state index in [-0.39, 0.29) is 5.92 Å². The molecule has 2 heteroatoms. The van der Waals surface area contributed by atoms with E-state index >= 15 is 0 Å². The molecule has 0 heterocycles. The van der Waals surface area contributed by atoms with Gasteiger partial charge in [0.15, 0.2) is 0 Å². The monoisotopic (exact) mass is 306 g/mol. The summed E-state index contributed by atoms with van der Waals surface area (Å²) in [5.74, 6) is 0.192. The second kappa shape index (κ2) is 11.0. The van der Waals surface area contributed by atoms with Crippen LogP contribution < -0.4 is 10.6 Å². The SMILES string of the molecule is C=CN/C(C=C)=C\C(c1ccccc1)c1ccccc1.CNC. The molecule has 0 unspecified atom stereocenters. The van der Waals surface area contributed by atoms with Gasteiger partial charge in [-0.1, -0.05) is 73.8 Å². The van der Waals surface area contributed by atoms with Crippen molar-refractivity contribution in [2.24, 2.45) is 0 Å². The van der Waals surface area contributed by atoms with Crippen molar-refractivity contribution in [3.05, 3.63) is 109 Å². The minimum absolute atomic E-state index is 0.192. The number of nitrogens with one attached hydrogen (secondary N) is 2. The highest BCUT2D eigenvalue weighted by Crippen LogP contribution is 2.26. The molecule has 0 aliphatic heterocycles. The highest BCUT2D eigenvalue weighted by Gasteiger charge is 2.11. The Morgan fingerprint density at radius 2 is 1.30 bits per heavy atom. The van der Waals surface area contributed by atoms with Gasteiger partial charge in [-0.25, -0.2) is 0 Å². The predicted molar refractivity (Wildman–Crippen MR) is 101 cm³/mol. The van der Waals surface area contributed by atoms with Gasteiger partial charge < -0.3 is 10.6 Å². The fraction of sp³-hybridized carbons (Fsp3) is 0.143. The van der Waals surface area contributed by atoms with Gasteiger partial charge in [-0.3, -0.25) is 0 Å². The van der Waals surface area contributed by atoms with Crippen LogP contribution >= 0.6 is 0 Å². The second-order valence-electron chi connectivity index (χ2n) is 4.97. The second-order valence-corrected chi connectivity index (χ2v) is 4.97. The van der Waals surface area contributed by atoms with E-state index in [1.165, 1.54) is 11.1 Å².